The van der Waals surface area contributed by atoms with Crippen LogP contribution in [0, 0.1) is 12.8 Å². The van der Waals surface area contributed by atoms with Crippen molar-refractivity contribution in [1.82, 2.24) is 19.8 Å². The number of carbonyl (C=O) groups is 2. The Morgan fingerprint density at radius 2 is 1.96 bits per heavy atom. The Kier molecular flexibility index (Phi) is 5.74. The van der Waals surface area contributed by atoms with Gasteiger partial charge in [-0.3, -0.25) is 9.69 Å². The van der Waals surface area contributed by atoms with E-state index in [1.54, 1.807) is 11.1 Å². The van der Waals surface area contributed by atoms with Gasteiger partial charge >= 0.3 is 6.03 Å². The summed E-state index contributed by atoms with van der Waals surface area (Å²) in [4.78, 5) is 40.0. The van der Waals surface area contributed by atoms with Crippen LogP contribution in [-0.2, 0) is 4.79 Å². The Hall–Kier alpha value is -2.42. The lowest BCUT2D eigenvalue weighted by Gasteiger charge is -2.42. The predicted octanol–water partition coefficient (Wildman–Crippen LogP) is 1.01. The zero-order chi connectivity index (χ0) is 20.5. The lowest BCUT2D eigenvalue weighted by molar-refractivity contribution is -0.134. The Balaban J connectivity index is 1.81. The standard InChI is InChI=1S/C19H30N6O3/c1-13(2)12-25-18(28)24(7-4-10-26)16(27)19(25)5-8-23(9-6-19)17-21-11-14(3)15(20)22-17/h11,13,26H,4-10,12H2,1-3H3,(H2,20,21,22). The number of nitrogens with zero attached hydrogens (tertiary/aromatic N) is 5. The molecular weight excluding hydrogens is 360 g/mol. The fourth-order valence-electron chi connectivity index (χ4n) is 3.98. The van der Waals surface area contributed by atoms with Crippen LogP contribution in [0.3, 0.4) is 0 Å². The van der Waals surface area contributed by atoms with Gasteiger partial charge in [0.15, 0.2) is 0 Å². The smallest absolute Gasteiger partial charge is 0.327 e. The molecule has 0 bridgehead atoms. The minimum Gasteiger partial charge on any atom is -0.396 e. The average Bonchev–Trinajstić information content (AvgIpc) is 2.84. The minimum absolute atomic E-state index is 0.0474. The largest absolute Gasteiger partial charge is 0.396 e. The van der Waals surface area contributed by atoms with Gasteiger partial charge in [0.2, 0.25) is 5.95 Å². The molecule has 0 unspecified atom stereocenters. The molecule has 0 atom stereocenters. The fourth-order valence-corrected chi connectivity index (χ4v) is 3.98. The van der Waals surface area contributed by atoms with Crippen molar-refractivity contribution in [3.05, 3.63) is 11.8 Å². The number of nitrogens with two attached hydrogens (primary N) is 1. The van der Waals surface area contributed by atoms with Gasteiger partial charge in [0.1, 0.15) is 11.4 Å². The van der Waals surface area contributed by atoms with E-state index in [1.807, 2.05) is 25.7 Å². The first-order valence-electron chi connectivity index (χ1n) is 9.88. The maximum absolute atomic E-state index is 13.2. The maximum Gasteiger partial charge on any atom is 0.327 e. The highest BCUT2D eigenvalue weighted by molar-refractivity contribution is 6.07. The van der Waals surface area contributed by atoms with Gasteiger partial charge in [-0.05, 0) is 32.1 Å². The van der Waals surface area contributed by atoms with E-state index in [0.29, 0.717) is 50.7 Å². The second-order valence-electron chi connectivity index (χ2n) is 8.08. The van der Waals surface area contributed by atoms with Crippen LogP contribution in [0.4, 0.5) is 16.6 Å². The molecule has 1 spiro atoms. The number of anilines is 2. The maximum atomic E-state index is 13.2. The highest BCUT2D eigenvalue weighted by atomic mass is 16.3. The number of aliphatic hydroxyl groups is 1. The Morgan fingerprint density at radius 1 is 1.29 bits per heavy atom. The van der Waals surface area contributed by atoms with Gasteiger partial charge in [0.25, 0.3) is 5.91 Å². The normalized spacial score (nSPS) is 19.4. The molecule has 0 aliphatic carbocycles. The Labute approximate surface area is 165 Å². The number of urea groups is 1. The number of aryl methyl sites for hydroxylation is 1. The number of aliphatic hydroxyl groups excluding tert-OH is 1. The third kappa shape index (κ3) is 3.50. The average molecular weight is 390 g/mol. The molecule has 0 saturated carbocycles. The molecule has 2 aliphatic heterocycles. The summed E-state index contributed by atoms with van der Waals surface area (Å²) in [5.74, 6) is 1.12. The quantitative estimate of drug-likeness (QED) is 0.696. The zero-order valence-corrected chi connectivity index (χ0v) is 16.9. The van der Waals surface area contributed by atoms with E-state index >= 15 is 0 Å². The number of amides is 3. The topological polar surface area (TPSA) is 116 Å². The second kappa shape index (κ2) is 7.90. The van der Waals surface area contributed by atoms with Gasteiger partial charge in [0.05, 0.1) is 0 Å². The van der Waals surface area contributed by atoms with Gasteiger partial charge in [0, 0.05) is 44.5 Å². The summed E-state index contributed by atoms with van der Waals surface area (Å²) in [6.07, 6.45) is 3.15. The molecule has 3 rings (SSSR count). The monoisotopic (exact) mass is 390 g/mol. The molecular formula is C19H30N6O3. The van der Waals surface area contributed by atoms with Crippen LogP contribution in [0.15, 0.2) is 6.20 Å². The lowest BCUT2D eigenvalue weighted by Crippen LogP contribution is -2.57. The number of imide groups is 1. The second-order valence-corrected chi connectivity index (χ2v) is 8.08. The van der Waals surface area contributed by atoms with Crippen LogP contribution in [0.25, 0.3) is 0 Å². The zero-order valence-electron chi connectivity index (χ0n) is 16.9. The summed E-state index contributed by atoms with van der Waals surface area (Å²) in [5.41, 5.74) is 5.93. The van der Waals surface area contributed by atoms with Crippen molar-refractivity contribution in [2.75, 3.05) is 43.4 Å². The molecule has 3 N–H and O–H groups in total. The molecule has 1 aromatic heterocycles. The predicted molar refractivity (Wildman–Crippen MR) is 106 cm³/mol. The molecule has 1 aromatic rings. The molecule has 9 nitrogen and oxygen atoms in total. The molecule has 2 aliphatic rings. The number of piperidine rings is 1. The Bertz CT molecular complexity index is 745. The molecule has 154 valence electrons. The first-order valence-corrected chi connectivity index (χ1v) is 9.88. The van der Waals surface area contributed by atoms with Crippen LogP contribution in [0.5, 0.6) is 0 Å². The molecule has 2 fully saturated rings. The van der Waals surface area contributed by atoms with Crippen molar-refractivity contribution in [2.24, 2.45) is 5.92 Å². The van der Waals surface area contributed by atoms with Crippen LogP contribution < -0.4 is 10.6 Å². The van der Waals surface area contributed by atoms with E-state index in [4.69, 9.17) is 10.8 Å². The van der Waals surface area contributed by atoms with Crippen molar-refractivity contribution in [3.8, 4) is 0 Å². The van der Waals surface area contributed by atoms with Crippen LogP contribution >= 0.6 is 0 Å². The molecule has 3 heterocycles. The molecule has 28 heavy (non-hydrogen) atoms. The fraction of sp³-hybridized carbons (Fsp3) is 0.684. The number of hydrogen-bond acceptors (Lipinski definition) is 7. The molecule has 2 saturated heterocycles. The van der Waals surface area contributed by atoms with E-state index < -0.39 is 5.54 Å². The number of aromatic nitrogens is 2. The summed E-state index contributed by atoms with van der Waals surface area (Å²) < 4.78 is 0. The van der Waals surface area contributed by atoms with Crippen LogP contribution in [-0.4, -0.2) is 75.1 Å². The SMILES string of the molecule is Cc1cnc(N2CCC3(CC2)C(=O)N(CCCO)C(=O)N3CC(C)C)nc1N. The first-order chi connectivity index (χ1) is 13.3. The summed E-state index contributed by atoms with van der Waals surface area (Å²) in [6.45, 7) is 7.83. The van der Waals surface area contributed by atoms with Gasteiger partial charge in [-0.2, -0.15) is 4.98 Å². The highest BCUT2D eigenvalue weighted by Gasteiger charge is 2.57. The van der Waals surface area contributed by atoms with Crippen molar-refractivity contribution in [1.29, 1.82) is 0 Å². The summed E-state index contributed by atoms with van der Waals surface area (Å²) in [7, 11) is 0. The third-order valence-electron chi connectivity index (χ3n) is 5.58. The molecule has 0 aromatic carbocycles. The van der Waals surface area contributed by atoms with E-state index in [9.17, 15) is 9.59 Å². The van der Waals surface area contributed by atoms with Gasteiger partial charge in [-0.1, -0.05) is 13.8 Å². The van der Waals surface area contributed by atoms with E-state index in [1.165, 1.54) is 4.90 Å². The summed E-state index contributed by atoms with van der Waals surface area (Å²) in [6, 6.07) is -0.239. The number of hydrogen-bond donors (Lipinski definition) is 2. The van der Waals surface area contributed by atoms with Crippen LogP contribution in [0.2, 0.25) is 0 Å². The van der Waals surface area contributed by atoms with Crippen molar-refractivity contribution >= 4 is 23.7 Å². The van der Waals surface area contributed by atoms with Gasteiger partial charge < -0.3 is 20.6 Å². The number of rotatable bonds is 6. The van der Waals surface area contributed by atoms with E-state index in [0.717, 1.165) is 5.56 Å². The molecule has 0 radical (unpaired) electrons. The summed E-state index contributed by atoms with van der Waals surface area (Å²) >= 11 is 0. The minimum atomic E-state index is -0.816. The van der Waals surface area contributed by atoms with Crippen molar-refractivity contribution in [2.45, 2.75) is 45.6 Å². The van der Waals surface area contributed by atoms with E-state index in [-0.39, 0.29) is 31.0 Å². The van der Waals surface area contributed by atoms with Gasteiger partial charge in [-0.15, -0.1) is 0 Å². The molecule has 9 heteroatoms. The number of carbonyl (C=O) groups excluding carboxylic acids is 2. The third-order valence-corrected chi connectivity index (χ3v) is 5.58. The van der Waals surface area contributed by atoms with Crippen molar-refractivity contribution in [3.63, 3.8) is 0 Å². The lowest BCUT2D eigenvalue weighted by atomic mass is 9.85. The van der Waals surface area contributed by atoms with Gasteiger partial charge in [-0.25, -0.2) is 9.78 Å². The van der Waals surface area contributed by atoms with Crippen LogP contribution in [0.1, 0.15) is 38.7 Å². The Morgan fingerprint density at radius 3 is 2.54 bits per heavy atom. The first kappa shape index (κ1) is 20.3. The van der Waals surface area contributed by atoms with E-state index in [2.05, 4.69) is 9.97 Å². The van der Waals surface area contributed by atoms with Crippen molar-refractivity contribution < 1.29 is 14.7 Å². The summed E-state index contributed by atoms with van der Waals surface area (Å²) in [5, 5.41) is 9.12. The highest BCUT2D eigenvalue weighted by Crippen LogP contribution is 2.38. The number of nitrogen functional groups attached to an aromatic ring is 1. The molecule has 3 amide bonds.